The Kier molecular flexibility index (Phi) is 5.30. The summed E-state index contributed by atoms with van der Waals surface area (Å²) >= 11 is 0. The number of amides is 2. The van der Waals surface area contributed by atoms with Gasteiger partial charge in [-0.05, 0) is 31.5 Å². The van der Waals surface area contributed by atoms with Crippen molar-refractivity contribution in [2.75, 3.05) is 5.32 Å². The number of nitrogens with one attached hydrogen (secondary N) is 2. The Labute approximate surface area is 156 Å². The average Bonchev–Trinajstić information content (AvgIpc) is 2.95. The molecule has 7 nitrogen and oxygen atoms in total. The summed E-state index contributed by atoms with van der Waals surface area (Å²) in [6.07, 6.45) is -0.0611. The molecule has 1 heterocycles. The maximum absolute atomic E-state index is 12.0. The van der Waals surface area contributed by atoms with Crippen LogP contribution in [0.25, 0.3) is 10.9 Å². The van der Waals surface area contributed by atoms with Crippen LogP contribution in [0, 0.1) is 13.8 Å². The van der Waals surface area contributed by atoms with Crippen LogP contribution in [0.4, 0.5) is 11.4 Å². The predicted molar refractivity (Wildman–Crippen MR) is 103 cm³/mol. The third-order valence-electron chi connectivity index (χ3n) is 4.14. The Hall–Kier alpha value is -3.48. The number of rotatable bonds is 5. The molecule has 1 aromatic heterocycles. The quantitative estimate of drug-likeness (QED) is 0.579. The average molecular weight is 364 g/mol. The van der Waals surface area contributed by atoms with Crippen molar-refractivity contribution in [3.63, 3.8) is 0 Å². The first-order valence-electron chi connectivity index (χ1n) is 8.55. The number of carbonyl (C=O) groups is 2. The maximum Gasteiger partial charge on any atom is 0.265 e. The lowest BCUT2D eigenvalue weighted by Crippen LogP contribution is -2.13. The highest BCUT2D eigenvalue weighted by Gasteiger charge is 2.11. The van der Waals surface area contributed by atoms with Crippen LogP contribution in [0.3, 0.4) is 0 Å². The molecule has 27 heavy (non-hydrogen) atoms. The highest BCUT2D eigenvalue weighted by molar-refractivity contribution is 5.95. The van der Waals surface area contributed by atoms with Crippen molar-refractivity contribution in [3.8, 4) is 5.88 Å². The molecule has 3 N–H and O–H groups in total. The molecule has 2 aromatic carbocycles. The van der Waals surface area contributed by atoms with Gasteiger partial charge in [0.1, 0.15) is 0 Å². The number of nitrogens with zero attached hydrogens (tertiary/aromatic N) is 2. The summed E-state index contributed by atoms with van der Waals surface area (Å²) in [6.45, 7) is 3.89. The van der Waals surface area contributed by atoms with E-state index >= 15 is 0 Å². The molecule has 3 rings (SSSR count). The molecule has 0 fully saturated rings. The molecule has 2 amide bonds. The van der Waals surface area contributed by atoms with Gasteiger partial charge in [-0.3, -0.25) is 9.59 Å². The molecule has 0 saturated carbocycles. The molecule has 0 spiro atoms. The Bertz CT molecular complexity index is 1040. The normalized spacial score (nSPS) is 11.2. The van der Waals surface area contributed by atoms with E-state index in [0.717, 1.165) is 16.8 Å². The lowest BCUT2D eigenvalue weighted by molar-refractivity contribution is -0.122. The number of aromatic nitrogens is 1. The maximum atomic E-state index is 12.0. The van der Waals surface area contributed by atoms with Crippen LogP contribution in [-0.4, -0.2) is 21.9 Å². The molecule has 0 radical (unpaired) electrons. The number of carbonyl (C=O) groups excluding carboxylic acids is 2. The van der Waals surface area contributed by atoms with E-state index in [1.807, 2.05) is 38.1 Å². The monoisotopic (exact) mass is 364 g/mol. The predicted octanol–water partition coefficient (Wildman–Crippen LogP) is 4.52. The second-order valence-corrected chi connectivity index (χ2v) is 6.33. The van der Waals surface area contributed by atoms with E-state index in [-0.39, 0.29) is 30.3 Å². The first-order chi connectivity index (χ1) is 12.9. The van der Waals surface area contributed by atoms with E-state index in [4.69, 9.17) is 0 Å². The van der Waals surface area contributed by atoms with Gasteiger partial charge in [-0.1, -0.05) is 35.9 Å². The fourth-order valence-electron chi connectivity index (χ4n) is 2.76. The Balaban J connectivity index is 1.58. The van der Waals surface area contributed by atoms with Crippen LogP contribution in [0.15, 0.2) is 52.7 Å². The molecule has 7 heteroatoms. The van der Waals surface area contributed by atoms with E-state index in [9.17, 15) is 14.7 Å². The lowest BCUT2D eigenvalue weighted by atomic mass is 10.1. The summed E-state index contributed by atoms with van der Waals surface area (Å²) in [6, 6.07) is 12.9. The van der Waals surface area contributed by atoms with E-state index in [2.05, 4.69) is 20.5 Å². The lowest BCUT2D eigenvalue weighted by Gasteiger charge is -2.08. The zero-order valence-corrected chi connectivity index (χ0v) is 15.1. The molecule has 0 aliphatic heterocycles. The summed E-state index contributed by atoms with van der Waals surface area (Å²) in [7, 11) is 0. The Morgan fingerprint density at radius 1 is 1.11 bits per heavy atom. The first kappa shape index (κ1) is 18.3. The number of aromatic amines is 1. The summed E-state index contributed by atoms with van der Waals surface area (Å²) in [5.74, 6) is -0.948. The van der Waals surface area contributed by atoms with Crippen molar-refractivity contribution in [3.05, 3.63) is 53.6 Å². The van der Waals surface area contributed by atoms with Crippen LogP contribution in [0.5, 0.6) is 5.88 Å². The minimum atomic E-state index is -0.532. The van der Waals surface area contributed by atoms with Gasteiger partial charge in [-0.2, -0.15) is 0 Å². The van der Waals surface area contributed by atoms with Gasteiger partial charge in [0.2, 0.25) is 11.8 Å². The van der Waals surface area contributed by atoms with Crippen molar-refractivity contribution >= 4 is 34.1 Å². The van der Waals surface area contributed by atoms with Crippen molar-refractivity contribution in [1.82, 2.24) is 4.98 Å². The Morgan fingerprint density at radius 2 is 1.89 bits per heavy atom. The van der Waals surface area contributed by atoms with Crippen LogP contribution < -0.4 is 5.32 Å². The smallest absolute Gasteiger partial charge is 0.265 e. The number of benzene rings is 2. The second-order valence-electron chi connectivity index (χ2n) is 6.33. The van der Waals surface area contributed by atoms with E-state index in [1.54, 1.807) is 18.2 Å². The molecule has 0 saturated heterocycles. The Morgan fingerprint density at radius 3 is 2.67 bits per heavy atom. The molecule has 0 unspecified atom stereocenters. The number of aromatic hydroxyl groups is 1. The number of azo groups is 1. The van der Waals surface area contributed by atoms with E-state index in [1.165, 1.54) is 0 Å². The molecule has 138 valence electrons. The van der Waals surface area contributed by atoms with Crippen molar-refractivity contribution in [2.24, 2.45) is 10.2 Å². The summed E-state index contributed by atoms with van der Waals surface area (Å²) in [5, 5.41) is 20.8. The SMILES string of the molecule is Cc1ccc(NC(=O)CCC(=O)N=Nc2c(O)[nH]c3ccccc23)c(C)c1. The fraction of sp³-hybridized carbons (Fsp3) is 0.200. The number of anilines is 1. The van der Waals surface area contributed by atoms with Crippen molar-refractivity contribution in [1.29, 1.82) is 0 Å². The van der Waals surface area contributed by atoms with Gasteiger partial charge in [0, 0.05) is 23.9 Å². The van der Waals surface area contributed by atoms with Gasteiger partial charge in [0.25, 0.3) is 5.91 Å². The zero-order chi connectivity index (χ0) is 19.4. The number of fused-ring (bicyclic) bond motifs is 1. The first-order valence-corrected chi connectivity index (χ1v) is 8.55. The number of hydrogen-bond acceptors (Lipinski definition) is 4. The van der Waals surface area contributed by atoms with Crippen LogP contribution in [0.2, 0.25) is 0 Å². The summed E-state index contributed by atoms with van der Waals surface area (Å²) < 4.78 is 0. The molecule has 0 bridgehead atoms. The molecule has 3 aromatic rings. The second kappa shape index (κ2) is 7.82. The molecule has 0 atom stereocenters. The summed E-state index contributed by atoms with van der Waals surface area (Å²) in [5.41, 5.74) is 3.71. The highest BCUT2D eigenvalue weighted by atomic mass is 16.3. The molecule has 0 aliphatic carbocycles. The fourth-order valence-corrected chi connectivity index (χ4v) is 2.76. The largest absolute Gasteiger partial charge is 0.493 e. The van der Waals surface area contributed by atoms with E-state index < -0.39 is 5.91 Å². The number of aryl methyl sites for hydroxylation is 2. The van der Waals surface area contributed by atoms with E-state index in [0.29, 0.717) is 10.9 Å². The van der Waals surface area contributed by atoms with Gasteiger partial charge in [0.15, 0.2) is 5.69 Å². The minimum Gasteiger partial charge on any atom is -0.493 e. The number of hydrogen-bond donors (Lipinski definition) is 3. The van der Waals surface area contributed by atoms with Gasteiger partial charge < -0.3 is 15.4 Å². The number of H-pyrrole nitrogens is 1. The third-order valence-corrected chi connectivity index (χ3v) is 4.14. The molecular weight excluding hydrogens is 344 g/mol. The highest BCUT2D eigenvalue weighted by Crippen LogP contribution is 2.35. The van der Waals surface area contributed by atoms with Gasteiger partial charge in [-0.25, -0.2) is 0 Å². The minimum absolute atomic E-state index is 0.00500. The topological polar surface area (TPSA) is 107 Å². The van der Waals surface area contributed by atoms with Crippen molar-refractivity contribution < 1.29 is 14.7 Å². The molecule has 0 aliphatic rings. The van der Waals surface area contributed by atoms with Crippen LogP contribution >= 0.6 is 0 Å². The van der Waals surface area contributed by atoms with Gasteiger partial charge in [0.05, 0.1) is 5.52 Å². The van der Waals surface area contributed by atoms with Crippen LogP contribution in [-0.2, 0) is 9.59 Å². The molecular formula is C20H20N4O3. The zero-order valence-electron chi connectivity index (χ0n) is 15.1. The summed E-state index contributed by atoms with van der Waals surface area (Å²) in [4.78, 5) is 26.7. The van der Waals surface area contributed by atoms with Crippen LogP contribution in [0.1, 0.15) is 24.0 Å². The van der Waals surface area contributed by atoms with Crippen molar-refractivity contribution in [2.45, 2.75) is 26.7 Å². The number of para-hydroxylation sites is 1. The third kappa shape index (κ3) is 4.38. The van der Waals surface area contributed by atoms with Gasteiger partial charge >= 0.3 is 0 Å². The van der Waals surface area contributed by atoms with Gasteiger partial charge in [-0.15, -0.1) is 10.2 Å². The standard InChI is InChI=1S/C20H20N4O3/c1-12-7-8-15(13(2)11-12)21-17(25)9-10-18(26)23-24-19-14-5-3-4-6-16(14)22-20(19)27/h3-8,11,22,27H,9-10H2,1-2H3,(H,21,25).